The molecular weight excluding hydrogens is 539 g/mol. The first-order valence-electron chi connectivity index (χ1n) is 10.2. The molecule has 0 aliphatic rings. The molecule has 0 aliphatic heterocycles. The molecule has 170 valence electrons. The highest BCUT2D eigenvalue weighted by Gasteiger charge is 2.15. The van der Waals surface area contributed by atoms with E-state index in [0.29, 0.717) is 29.1 Å². The Morgan fingerprint density at radius 3 is 2.50 bits per heavy atom. The van der Waals surface area contributed by atoms with Gasteiger partial charge >= 0.3 is 0 Å². The quantitative estimate of drug-likeness (QED) is 0.289. The molecule has 0 aliphatic carbocycles. The molecule has 0 bridgehead atoms. The van der Waals surface area contributed by atoms with E-state index in [4.69, 9.17) is 9.47 Å². The smallest absolute Gasteiger partial charge is 0.234 e. The molecule has 0 fully saturated rings. The van der Waals surface area contributed by atoms with E-state index in [1.807, 2.05) is 57.5 Å². The van der Waals surface area contributed by atoms with Crippen LogP contribution < -0.4 is 14.8 Å². The molecule has 0 atom stereocenters. The van der Waals surface area contributed by atoms with Gasteiger partial charge < -0.3 is 19.4 Å². The Balaban J connectivity index is 1.59. The van der Waals surface area contributed by atoms with E-state index < -0.39 is 0 Å². The number of carbonyl (C=O) groups excluding carboxylic acids is 1. The fourth-order valence-corrected chi connectivity index (χ4v) is 4.82. The lowest BCUT2D eigenvalue weighted by atomic mass is 10.1. The Morgan fingerprint density at radius 1 is 1.09 bits per heavy atom. The van der Waals surface area contributed by atoms with Crippen LogP contribution in [0.1, 0.15) is 29.4 Å². The van der Waals surface area contributed by atoms with Crippen molar-refractivity contribution < 1.29 is 14.3 Å². The number of benzene rings is 2. The van der Waals surface area contributed by atoms with E-state index in [1.54, 1.807) is 0 Å². The lowest BCUT2D eigenvalue weighted by Gasteiger charge is -2.13. The zero-order valence-corrected chi connectivity index (χ0v) is 21.8. The summed E-state index contributed by atoms with van der Waals surface area (Å²) in [5.74, 6) is 2.20. The second-order valence-corrected chi connectivity index (χ2v) is 9.57. The summed E-state index contributed by atoms with van der Waals surface area (Å²) in [6.07, 6.45) is 0. The SMILES string of the molecule is CCOc1cc(C)ccc1OCc1nnc(SCC(=O)Nc2c(C)cc(I)cc2C)n1C. The number of hydrogen-bond acceptors (Lipinski definition) is 6. The lowest BCUT2D eigenvalue weighted by molar-refractivity contribution is -0.113. The minimum absolute atomic E-state index is 0.0794. The summed E-state index contributed by atoms with van der Waals surface area (Å²) in [6, 6.07) is 9.93. The molecule has 0 saturated carbocycles. The summed E-state index contributed by atoms with van der Waals surface area (Å²) < 4.78 is 14.6. The average molecular weight is 566 g/mol. The van der Waals surface area contributed by atoms with Gasteiger partial charge in [-0.2, -0.15) is 0 Å². The van der Waals surface area contributed by atoms with Crippen LogP contribution in [-0.4, -0.2) is 33.0 Å². The van der Waals surface area contributed by atoms with Crippen LogP contribution in [0, 0.1) is 24.3 Å². The Hall–Kier alpha value is -2.27. The van der Waals surface area contributed by atoms with Gasteiger partial charge in [0.1, 0.15) is 6.61 Å². The largest absolute Gasteiger partial charge is 0.490 e. The molecule has 3 aromatic rings. The third-order valence-corrected chi connectivity index (χ3v) is 6.42. The van der Waals surface area contributed by atoms with Gasteiger partial charge in [-0.25, -0.2) is 0 Å². The van der Waals surface area contributed by atoms with Gasteiger partial charge in [0.25, 0.3) is 0 Å². The normalized spacial score (nSPS) is 10.8. The second kappa shape index (κ2) is 11.0. The van der Waals surface area contributed by atoms with Crippen molar-refractivity contribution in [1.29, 1.82) is 0 Å². The van der Waals surface area contributed by atoms with Crippen molar-refractivity contribution in [1.82, 2.24) is 14.8 Å². The van der Waals surface area contributed by atoms with Crippen molar-refractivity contribution in [3.63, 3.8) is 0 Å². The van der Waals surface area contributed by atoms with Gasteiger partial charge in [-0.3, -0.25) is 4.79 Å². The number of ether oxygens (including phenoxy) is 2. The number of halogens is 1. The Labute approximate surface area is 206 Å². The van der Waals surface area contributed by atoms with Crippen molar-refractivity contribution in [2.45, 2.75) is 39.5 Å². The highest BCUT2D eigenvalue weighted by Crippen LogP contribution is 2.29. The van der Waals surface area contributed by atoms with Crippen molar-refractivity contribution in [3.05, 3.63) is 56.4 Å². The molecule has 0 saturated heterocycles. The fourth-order valence-electron chi connectivity index (χ4n) is 3.16. The summed E-state index contributed by atoms with van der Waals surface area (Å²) in [7, 11) is 1.87. The number of aromatic nitrogens is 3. The number of hydrogen-bond donors (Lipinski definition) is 1. The number of aryl methyl sites for hydroxylation is 3. The summed E-state index contributed by atoms with van der Waals surface area (Å²) in [5, 5.41) is 12.1. The van der Waals surface area contributed by atoms with Crippen LogP contribution in [-0.2, 0) is 18.4 Å². The predicted octanol–water partition coefficient (Wildman–Crippen LogP) is 5.05. The number of rotatable bonds is 9. The fraction of sp³-hybridized carbons (Fsp3) is 0.348. The number of amides is 1. The molecule has 0 unspecified atom stereocenters. The minimum Gasteiger partial charge on any atom is -0.490 e. The third kappa shape index (κ3) is 6.16. The van der Waals surface area contributed by atoms with Crippen molar-refractivity contribution in [2.75, 3.05) is 17.7 Å². The topological polar surface area (TPSA) is 78.3 Å². The minimum atomic E-state index is -0.0794. The van der Waals surface area contributed by atoms with Crippen LogP contribution >= 0.6 is 34.4 Å². The zero-order valence-electron chi connectivity index (χ0n) is 18.9. The first kappa shape index (κ1) is 24.4. The van der Waals surface area contributed by atoms with Crippen LogP contribution in [0.5, 0.6) is 11.5 Å². The predicted molar refractivity (Wildman–Crippen MR) is 136 cm³/mol. The van der Waals surface area contributed by atoms with Gasteiger partial charge in [0.05, 0.1) is 12.4 Å². The second-order valence-electron chi connectivity index (χ2n) is 7.38. The number of nitrogens with zero attached hydrogens (tertiary/aromatic N) is 3. The number of carbonyl (C=O) groups is 1. The summed E-state index contributed by atoms with van der Waals surface area (Å²) in [4.78, 5) is 12.5. The molecule has 1 aromatic heterocycles. The highest BCUT2D eigenvalue weighted by atomic mass is 127. The van der Waals surface area contributed by atoms with Crippen LogP contribution in [0.3, 0.4) is 0 Å². The maximum Gasteiger partial charge on any atom is 0.234 e. The first-order valence-corrected chi connectivity index (χ1v) is 12.3. The van der Waals surface area contributed by atoms with E-state index in [0.717, 1.165) is 25.9 Å². The summed E-state index contributed by atoms with van der Waals surface area (Å²) >= 11 is 3.62. The van der Waals surface area contributed by atoms with Gasteiger partial charge in [0.2, 0.25) is 5.91 Å². The molecule has 2 aromatic carbocycles. The van der Waals surface area contributed by atoms with Gasteiger partial charge in [-0.05, 0) is 91.2 Å². The third-order valence-electron chi connectivity index (χ3n) is 4.78. The summed E-state index contributed by atoms with van der Waals surface area (Å²) in [5.41, 5.74) is 4.07. The van der Waals surface area contributed by atoms with Crippen molar-refractivity contribution >= 4 is 45.9 Å². The van der Waals surface area contributed by atoms with E-state index in [1.165, 1.54) is 11.8 Å². The first-order chi connectivity index (χ1) is 15.3. The number of thioether (sulfide) groups is 1. The maximum absolute atomic E-state index is 12.5. The molecule has 1 amide bonds. The van der Waals surface area contributed by atoms with Gasteiger partial charge in [0, 0.05) is 16.3 Å². The molecule has 7 nitrogen and oxygen atoms in total. The van der Waals surface area contributed by atoms with E-state index in [-0.39, 0.29) is 18.3 Å². The monoisotopic (exact) mass is 566 g/mol. The van der Waals surface area contributed by atoms with Crippen molar-refractivity contribution in [3.8, 4) is 11.5 Å². The maximum atomic E-state index is 12.5. The van der Waals surface area contributed by atoms with E-state index in [9.17, 15) is 4.79 Å². The molecular formula is C23H27IN4O3S. The number of nitrogens with one attached hydrogen (secondary N) is 1. The lowest BCUT2D eigenvalue weighted by Crippen LogP contribution is -2.16. The van der Waals surface area contributed by atoms with Gasteiger partial charge in [-0.15, -0.1) is 10.2 Å². The molecule has 9 heteroatoms. The van der Waals surface area contributed by atoms with Gasteiger partial charge in [-0.1, -0.05) is 17.8 Å². The van der Waals surface area contributed by atoms with Crippen LogP contribution in [0.25, 0.3) is 0 Å². The zero-order chi connectivity index (χ0) is 23.3. The molecule has 32 heavy (non-hydrogen) atoms. The Bertz CT molecular complexity index is 1090. The highest BCUT2D eigenvalue weighted by molar-refractivity contribution is 14.1. The summed E-state index contributed by atoms with van der Waals surface area (Å²) in [6.45, 7) is 8.76. The van der Waals surface area contributed by atoms with Crippen LogP contribution in [0.2, 0.25) is 0 Å². The van der Waals surface area contributed by atoms with E-state index >= 15 is 0 Å². The van der Waals surface area contributed by atoms with E-state index in [2.05, 4.69) is 50.2 Å². The Kier molecular flexibility index (Phi) is 8.41. The molecule has 1 N–H and O–H groups in total. The van der Waals surface area contributed by atoms with Crippen LogP contribution in [0.15, 0.2) is 35.5 Å². The van der Waals surface area contributed by atoms with Crippen LogP contribution in [0.4, 0.5) is 5.69 Å². The molecule has 0 radical (unpaired) electrons. The van der Waals surface area contributed by atoms with Gasteiger partial charge in [0.15, 0.2) is 22.5 Å². The molecule has 1 heterocycles. The molecule has 3 rings (SSSR count). The van der Waals surface area contributed by atoms with Crippen molar-refractivity contribution in [2.24, 2.45) is 7.05 Å². The number of anilines is 1. The Morgan fingerprint density at radius 2 is 1.81 bits per heavy atom. The standard InChI is InChI=1S/C23H27IN4O3S/c1-6-30-19-9-14(2)7-8-18(19)31-12-20-26-27-23(28(20)5)32-13-21(29)25-22-15(3)10-17(24)11-16(22)4/h7-11H,6,12-13H2,1-5H3,(H,25,29). The molecule has 0 spiro atoms. The average Bonchev–Trinajstić information content (AvgIpc) is 3.08.